The van der Waals surface area contributed by atoms with E-state index >= 15 is 0 Å². The Morgan fingerprint density at radius 2 is 1.69 bits per heavy atom. The molecule has 0 aromatic heterocycles. The van der Waals surface area contributed by atoms with Gasteiger partial charge in [0.2, 0.25) is 5.91 Å². The fraction of sp³-hybridized carbons (Fsp3) is 0.348. The van der Waals surface area contributed by atoms with Crippen molar-refractivity contribution >= 4 is 12.0 Å². The highest BCUT2D eigenvalue weighted by Crippen LogP contribution is 2.32. The summed E-state index contributed by atoms with van der Waals surface area (Å²) in [5.41, 5.74) is 5.61. The van der Waals surface area contributed by atoms with Crippen LogP contribution in [0.25, 0.3) is 6.08 Å². The van der Waals surface area contributed by atoms with Crippen LogP contribution in [0.15, 0.2) is 42.5 Å². The maximum Gasteiger partial charge on any atom is 0.244 e. The van der Waals surface area contributed by atoms with E-state index in [0.29, 0.717) is 5.92 Å². The zero-order valence-electron chi connectivity index (χ0n) is 16.6. The zero-order valence-corrected chi connectivity index (χ0v) is 16.6. The fourth-order valence-electron chi connectivity index (χ4n) is 3.00. The van der Waals surface area contributed by atoms with Crippen LogP contribution in [0.1, 0.15) is 60.5 Å². The quantitative estimate of drug-likeness (QED) is 0.715. The molecule has 2 rings (SSSR count). The normalized spacial score (nSPS) is 12.4. The number of hydrogen-bond acceptors (Lipinski definition) is 2. The second-order valence-corrected chi connectivity index (χ2v) is 7.08. The summed E-state index contributed by atoms with van der Waals surface area (Å²) in [4.78, 5) is 12.3. The molecule has 0 spiro atoms. The van der Waals surface area contributed by atoms with Crippen molar-refractivity contribution in [2.24, 2.45) is 0 Å². The van der Waals surface area contributed by atoms with Crippen LogP contribution in [0.4, 0.5) is 0 Å². The molecule has 0 fully saturated rings. The summed E-state index contributed by atoms with van der Waals surface area (Å²) in [5, 5.41) is 3.06. The first-order valence-electron chi connectivity index (χ1n) is 9.05. The number of carbonyl (C=O) groups excluding carboxylic acids is 1. The van der Waals surface area contributed by atoms with Crippen LogP contribution in [0.3, 0.4) is 0 Å². The molecular formula is C23H29NO2. The van der Waals surface area contributed by atoms with E-state index in [-0.39, 0.29) is 11.9 Å². The van der Waals surface area contributed by atoms with E-state index in [1.807, 2.05) is 51.1 Å². The predicted molar refractivity (Wildman–Crippen MR) is 109 cm³/mol. The van der Waals surface area contributed by atoms with Gasteiger partial charge in [-0.05, 0) is 67.2 Å². The molecule has 0 aliphatic carbocycles. The molecule has 0 aliphatic rings. The molecule has 0 aliphatic heterocycles. The van der Waals surface area contributed by atoms with Gasteiger partial charge in [-0.15, -0.1) is 0 Å². The van der Waals surface area contributed by atoms with E-state index in [1.54, 1.807) is 13.2 Å². The Morgan fingerprint density at radius 1 is 1.04 bits per heavy atom. The van der Waals surface area contributed by atoms with Crippen molar-refractivity contribution in [3.05, 3.63) is 70.3 Å². The Hall–Kier alpha value is -2.55. The van der Waals surface area contributed by atoms with Crippen molar-refractivity contribution in [3.8, 4) is 5.75 Å². The molecule has 0 bridgehead atoms. The molecule has 1 N–H and O–H groups in total. The lowest BCUT2D eigenvalue weighted by Gasteiger charge is -2.20. The maximum atomic E-state index is 12.3. The molecule has 3 nitrogen and oxygen atoms in total. The molecule has 0 saturated heterocycles. The van der Waals surface area contributed by atoms with E-state index in [1.165, 1.54) is 5.56 Å². The lowest BCUT2D eigenvalue weighted by molar-refractivity contribution is -0.117. The van der Waals surface area contributed by atoms with Gasteiger partial charge in [-0.3, -0.25) is 4.79 Å². The topological polar surface area (TPSA) is 38.3 Å². The van der Waals surface area contributed by atoms with Gasteiger partial charge >= 0.3 is 0 Å². The van der Waals surface area contributed by atoms with Crippen molar-refractivity contribution in [1.29, 1.82) is 0 Å². The van der Waals surface area contributed by atoms with E-state index in [9.17, 15) is 4.79 Å². The third-order valence-corrected chi connectivity index (χ3v) is 4.57. The highest BCUT2D eigenvalue weighted by molar-refractivity contribution is 5.92. The number of aryl methyl sites for hydroxylation is 2. The summed E-state index contributed by atoms with van der Waals surface area (Å²) in [5.74, 6) is 1.16. The SMILES string of the molecule is COc1cc(C)c(C(C)NC(=O)/C=C/c2ccc(C)cc2)cc1C(C)C. The Labute approximate surface area is 157 Å². The second kappa shape index (κ2) is 8.70. The van der Waals surface area contributed by atoms with Gasteiger partial charge in [-0.2, -0.15) is 0 Å². The molecule has 26 heavy (non-hydrogen) atoms. The first-order valence-corrected chi connectivity index (χ1v) is 9.05. The van der Waals surface area contributed by atoms with Gasteiger partial charge in [0.15, 0.2) is 0 Å². The van der Waals surface area contributed by atoms with Gasteiger partial charge in [-0.25, -0.2) is 0 Å². The van der Waals surface area contributed by atoms with Crippen molar-refractivity contribution in [2.45, 2.75) is 46.6 Å². The van der Waals surface area contributed by atoms with Gasteiger partial charge in [0.1, 0.15) is 5.75 Å². The van der Waals surface area contributed by atoms with E-state index in [4.69, 9.17) is 4.74 Å². The van der Waals surface area contributed by atoms with Crippen LogP contribution in [0.5, 0.6) is 5.75 Å². The molecule has 1 unspecified atom stereocenters. The minimum Gasteiger partial charge on any atom is -0.496 e. The number of carbonyl (C=O) groups is 1. The Balaban J connectivity index is 2.13. The number of ether oxygens (including phenoxy) is 1. The molecule has 0 heterocycles. The standard InChI is InChI=1S/C23H29NO2/c1-15(2)20-14-21(17(4)13-22(20)26-6)18(5)24-23(25)12-11-19-9-7-16(3)8-10-19/h7-15,18H,1-6H3,(H,24,25)/b12-11+. The second-order valence-electron chi connectivity index (χ2n) is 7.08. The van der Waals surface area contributed by atoms with Crippen LogP contribution in [-0.2, 0) is 4.79 Å². The predicted octanol–water partition coefficient (Wildman–Crippen LogP) is 5.33. The lowest BCUT2D eigenvalue weighted by Crippen LogP contribution is -2.25. The van der Waals surface area contributed by atoms with E-state index < -0.39 is 0 Å². The van der Waals surface area contributed by atoms with Crippen LogP contribution in [-0.4, -0.2) is 13.0 Å². The lowest BCUT2D eigenvalue weighted by atomic mass is 9.93. The molecule has 2 aromatic rings. The minimum atomic E-state index is -0.0978. The number of hydrogen-bond donors (Lipinski definition) is 1. The van der Waals surface area contributed by atoms with Crippen LogP contribution in [0.2, 0.25) is 0 Å². The average Bonchev–Trinajstić information content (AvgIpc) is 2.60. The Bertz CT molecular complexity index is 789. The number of rotatable bonds is 6. The van der Waals surface area contributed by atoms with Crippen molar-refractivity contribution in [1.82, 2.24) is 5.32 Å². The summed E-state index contributed by atoms with van der Waals surface area (Å²) >= 11 is 0. The smallest absolute Gasteiger partial charge is 0.244 e. The van der Waals surface area contributed by atoms with Crippen molar-refractivity contribution in [3.63, 3.8) is 0 Å². The third kappa shape index (κ3) is 4.98. The molecule has 2 aromatic carbocycles. The first kappa shape index (κ1) is 19.8. The number of nitrogens with one attached hydrogen (secondary N) is 1. The van der Waals surface area contributed by atoms with Gasteiger partial charge in [0.05, 0.1) is 13.2 Å². The van der Waals surface area contributed by atoms with Crippen LogP contribution >= 0.6 is 0 Å². The van der Waals surface area contributed by atoms with Crippen molar-refractivity contribution in [2.75, 3.05) is 7.11 Å². The molecule has 3 heteroatoms. The van der Waals surface area contributed by atoms with Gasteiger partial charge in [-0.1, -0.05) is 43.7 Å². The minimum absolute atomic E-state index is 0.0754. The average molecular weight is 351 g/mol. The largest absolute Gasteiger partial charge is 0.496 e. The molecular weight excluding hydrogens is 322 g/mol. The summed E-state index contributed by atoms with van der Waals surface area (Å²) in [7, 11) is 1.70. The number of methoxy groups -OCH3 is 1. The molecule has 1 atom stereocenters. The number of benzene rings is 2. The maximum absolute atomic E-state index is 12.3. The molecule has 1 amide bonds. The molecule has 0 saturated carbocycles. The number of amides is 1. The summed E-state index contributed by atoms with van der Waals surface area (Å²) in [6, 6.07) is 12.2. The Kier molecular flexibility index (Phi) is 6.62. The molecule has 0 radical (unpaired) electrons. The van der Waals surface area contributed by atoms with E-state index in [0.717, 1.165) is 28.0 Å². The van der Waals surface area contributed by atoms with Crippen LogP contribution < -0.4 is 10.1 Å². The highest BCUT2D eigenvalue weighted by atomic mass is 16.5. The summed E-state index contributed by atoms with van der Waals surface area (Å²) < 4.78 is 5.50. The summed E-state index contributed by atoms with van der Waals surface area (Å²) in [6.45, 7) is 10.4. The fourth-order valence-corrected chi connectivity index (χ4v) is 3.00. The van der Waals surface area contributed by atoms with Gasteiger partial charge < -0.3 is 10.1 Å². The van der Waals surface area contributed by atoms with Gasteiger partial charge in [0, 0.05) is 6.08 Å². The van der Waals surface area contributed by atoms with Gasteiger partial charge in [0.25, 0.3) is 0 Å². The monoisotopic (exact) mass is 351 g/mol. The van der Waals surface area contributed by atoms with Crippen molar-refractivity contribution < 1.29 is 9.53 Å². The van der Waals surface area contributed by atoms with Crippen LogP contribution in [0, 0.1) is 13.8 Å². The third-order valence-electron chi connectivity index (χ3n) is 4.57. The highest BCUT2D eigenvalue weighted by Gasteiger charge is 2.16. The van der Waals surface area contributed by atoms with E-state index in [2.05, 4.69) is 31.3 Å². The summed E-state index contributed by atoms with van der Waals surface area (Å²) in [6.07, 6.45) is 3.42. The first-order chi connectivity index (χ1) is 12.3. The molecule has 138 valence electrons. The Morgan fingerprint density at radius 3 is 2.27 bits per heavy atom. The zero-order chi connectivity index (χ0) is 19.3.